The van der Waals surface area contributed by atoms with E-state index in [1.807, 2.05) is 11.8 Å². The summed E-state index contributed by atoms with van der Waals surface area (Å²) in [5.74, 6) is -1.14. The number of likely N-dealkylation sites (N-methyl/N-ethyl adjacent to an activating group) is 1. The molecular weight excluding hydrogens is 402 g/mol. The van der Waals surface area contributed by atoms with E-state index in [0.717, 1.165) is 12.0 Å². The number of benzene rings is 2. The van der Waals surface area contributed by atoms with Crippen molar-refractivity contribution in [2.75, 3.05) is 35.7 Å². The van der Waals surface area contributed by atoms with Crippen LogP contribution in [0, 0.1) is 18.6 Å². The van der Waals surface area contributed by atoms with Gasteiger partial charge in [-0.05, 0) is 43.2 Å². The molecule has 0 saturated carbocycles. The third kappa shape index (κ3) is 4.19. The van der Waals surface area contributed by atoms with Crippen LogP contribution in [0.15, 0.2) is 30.3 Å². The summed E-state index contributed by atoms with van der Waals surface area (Å²) in [5.41, 5.74) is 3.02. The number of rotatable bonds is 4. The van der Waals surface area contributed by atoms with Crippen LogP contribution < -0.4 is 15.5 Å². The normalized spacial score (nSPS) is 19.7. The Balaban J connectivity index is 1.46. The first-order chi connectivity index (χ1) is 14.7. The molecule has 0 aliphatic carbocycles. The Hall–Kier alpha value is -3.16. The highest BCUT2D eigenvalue weighted by molar-refractivity contribution is 5.98. The van der Waals surface area contributed by atoms with Crippen molar-refractivity contribution in [1.82, 2.24) is 4.90 Å². The number of amides is 2. The highest BCUT2D eigenvalue weighted by Gasteiger charge is 2.31. The standard InChI is InChI=1S/C23H26F2N4O2/c1-13-4-5-20(25)19-11-21(27-22(13)19)23(31)26-16-8-15(24)9-18(10-16)29-7-6-17(12-29)28(3)14(2)30/h4-5,8-10,17,21,27H,6-7,11-12H2,1-3H3,(H,26,31). The summed E-state index contributed by atoms with van der Waals surface area (Å²) >= 11 is 0. The zero-order chi connectivity index (χ0) is 22.3. The molecule has 2 aromatic carbocycles. The van der Waals surface area contributed by atoms with E-state index in [1.165, 1.54) is 25.1 Å². The van der Waals surface area contributed by atoms with Gasteiger partial charge in [0.25, 0.3) is 0 Å². The Bertz CT molecular complexity index is 1010. The van der Waals surface area contributed by atoms with Gasteiger partial charge in [0.15, 0.2) is 0 Å². The van der Waals surface area contributed by atoms with Gasteiger partial charge in [-0.2, -0.15) is 0 Å². The van der Waals surface area contributed by atoms with Gasteiger partial charge in [0.2, 0.25) is 11.8 Å². The largest absolute Gasteiger partial charge is 0.373 e. The molecule has 2 unspecified atom stereocenters. The lowest BCUT2D eigenvalue weighted by molar-refractivity contribution is -0.129. The molecule has 8 heteroatoms. The number of hydrogen-bond acceptors (Lipinski definition) is 4. The van der Waals surface area contributed by atoms with Crippen molar-refractivity contribution in [3.8, 4) is 0 Å². The second-order valence-corrected chi connectivity index (χ2v) is 8.32. The zero-order valence-electron chi connectivity index (χ0n) is 17.8. The van der Waals surface area contributed by atoms with Gasteiger partial charge in [0.1, 0.15) is 17.7 Å². The summed E-state index contributed by atoms with van der Waals surface area (Å²) < 4.78 is 28.4. The molecule has 2 aliphatic heterocycles. The average Bonchev–Trinajstić information content (AvgIpc) is 3.38. The molecule has 0 spiro atoms. The van der Waals surface area contributed by atoms with E-state index in [1.54, 1.807) is 24.1 Å². The van der Waals surface area contributed by atoms with Gasteiger partial charge in [-0.25, -0.2) is 8.78 Å². The predicted octanol–water partition coefficient (Wildman–Crippen LogP) is 3.31. The van der Waals surface area contributed by atoms with Crippen molar-refractivity contribution in [3.05, 3.63) is 53.1 Å². The van der Waals surface area contributed by atoms with Gasteiger partial charge in [0.05, 0.1) is 6.04 Å². The summed E-state index contributed by atoms with van der Waals surface area (Å²) in [6.07, 6.45) is 1.03. The molecule has 0 radical (unpaired) electrons. The van der Waals surface area contributed by atoms with E-state index in [0.29, 0.717) is 35.7 Å². The van der Waals surface area contributed by atoms with Crippen molar-refractivity contribution < 1.29 is 18.4 Å². The summed E-state index contributed by atoms with van der Waals surface area (Å²) in [7, 11) is 1.77. The monoisotopic (exact) mass is 428 g/mol. The molecule has 6 nitrogen and oxygen atoms in total. The van der Waals surface area contributed by atoms with E-state index in [-0.39, 0.29) is 30.1 Å². The van der Waals surface area contributed by atoms with E-state index in [4.69, 9.17) is 0 Å². The maximum atomic E-state index is 14.3. The Labute approximate surface area is 180 Å². The molecule has 2 aliphatic rings. The van der Waals surface area contributed by atoms with Crippen LogP contribution in [0.3, 0.4) is 0 Å². The highest BCUT2D eigenvalue weighted by Crippen LogP contribution is 2.32. The zero-order valence-corrected chi connectivity index (χ0v) is 17.8. The molecule has 2 amide bonds. The maximum absolute atomic E-state index is 14.3. The topological polar surface area (TPSA) is 64.7 Å². The van der Waals surface area contributed by atoms with Crippen molar-refractivity contribution in [1.29, 1.82) is 0 Å². The van der Waals surface area contributed by atoms with Gasteiger partial charge in [-0.3, -0.25) is 9.59 Å². The predicted molar refractivity (Wildman–Crippen MR) is 116 cm³/mol. The van der Waals surface area contributed by atoms with Crippen LogP contribution in [0.4, 0.5) is 25.8 Å². The lowest BCUT2D eigenvalue weighted by Gasteiger charge is -2.24. The lowest BCUT2D eigenvalue weighted by atomic mass is 10.1. The second kappa shape index (κ2) is 8.17. The number of aryl methyl sites for hydroxylation is 1. The minimum absolute atomic E-state index is 0.00391. The Morgan fingerprint density at radius 1 is 1.23 bits per heavy atom. The van der Waals surface area contributed by atoms with Gasteiger partial charge in [0, 0.05) is 56.1 Å². The van der Waals surface area contributed by atoms with Gasteiger partial charge < -0.3 is 20.4 Å². The Morgan fingerprint density at radius 2 is 2.00 bits per heavy atom. The fourth-order valence-electron chi connectivity index (χ4n) is 4.34. The number of nitrogens with one attached hydrogen (secondary N) is 2. The first-order valence-electron chi connectivity index (χ1n) is 10.4. The van der Waals surface area contributed by atoms with Crippen LogP contribution in [0.1, 0.15) is 24.5 Å². The van der Waals surface area contributed by atoms with Crippen LogP contribution in [-0.4, -0.2) is 48.9 Å². The van der Waals surface area contributed by atoms with Crippen molar-refractivity contribution in [3.63, 3.8) is 0 Å². The van der Waals surface area contributed by atoms with Gasteiger partial charge in [-0.1, -0.05) is 6.07 Å². The minimum Gasteiger partial charge on any atom is -0.373 e. The number of fused-ring (bicyclic) bond motifs is 1. The summed E-state index contributed by atoms with van der Waals surface area (Å²) in [6, 6.07) is 6.94. The fraction of sp³-hybridized carbons (Fsp3) is 0.391. The molecule has 1 fully saturated rings. The van der Waals surface area contributed by atoms with Crippen LogP contribution in [0.2, 0.25) is 0 Å². The Morgan fingerprint density at radius 3 is 2.71 bits per heavy atom. The van der Waals surface area contributed by atoms with Crippen LogP contribution in [-0.2, 0) is 16.0 Å². The molecule has 2 heterocycles. The molecular formula is C23H26F2N4O2. The third-order valence-electron chi connectivity index (χ3n) is 6.23. The average molecular weight is 428 g/mol. The molecule has 164 valence electrons. The van der Waals surface area contributed by atoms with E-state index < -0.39 is 11.9 Å². The maximum Gasteiger partial charge on any atom is 0.247 e. The van der Waals surface area contributed by atoms with Crippen LogP contribution in [0.25, 0.3) is 0 Å². The molecule has 1 saturated heterocycles. The summed E-state index contributed by atoms with van der Waals surface area (Å²) in [6.45, 7) is 4.68. The number of carbonyl (C=O) groups is 2. The minimum atomic E-state index is -0.627. The number of nitrogens with zero attached hydrogens (tertiary/aromatic N) is 2. The van der Waals surface area contributed by atoms with Crippen molar-refractivity contribution in [2.45, 2.75) is 38.8 Å². The van der Waals surface area contributed by atoms with E-state index in [9.17, 15) is 18.4 Å². The Kier molecular flexibility index (Phi) is 5.56. The smallest absolute Gasteiger partial charge is 0.247 e. The third-order valence-corrected chi connectivity index (χ3v) is 6.23. The van der Waals surface area contributed by atoms with E-state index in [2.05, 4.69) is 10.6 Å². The quantitative estimate of drug-likeness (QED) is 0.784. The molecule has 2 aromatic rings. The molecule has 4 rings (SSSR count). The molecule has 2 N–H and O–H groups in total. The molecule has 2 atom stereocenters. The van der Waals surface area contributed by atoms with Gasteiger partial charge >= 0.3 is 0 Å². The first-order valence-corrected chi connectivity index (χ1v) is 10.4. The van der Waals surface area contributed by atoms with E-state index >= 15 is 0 Å². The molecule has 0 aromatic heterocycles. The van der Waals surface area contributed by atoms with Crippen molar-refractivity contribution in [2.24, 2.45) is 0 Å². The number of carbonyl (C=O) groups excluding carboxylic acids is 2. The van der Waals surface area contributed by atoms with Crippen LogP contribution >= 0.6 is 0 Å². The summed E-state index contributed by atoms with van der Waals surface area (Å²) in [4.78, 5) is 28.1. The van der Waals surface area contributed by atoms with Crippen LogP contribution in [0.5, 0.6) is 0 Å². The molecule has 31 heavy (non-hydrogen) atoms. The number of halogens is 2. The summed E-state index contributed by atoms with van der Waals surface area (Å²) in [5, 5.41) is 5.84. The molecule has 0 bridgehead atoms. The first kappa shape index (κ1) is 21.1. The number of anilines is 3. The fourth-order valence-corrected chi connectivity index (χ4v) is 4.34. The van der Waals surface area contributed by atoms with Crippen molar-refractivity contribution >= 4 is 28.9 Å². The highest BCUT2D eigenvalue weighted by atomic mass is 19.1. The lowest BCUT2D eigenvalue weighted by Crippen LogP contribution is -2.37. The van der Waals surface area contributed by atoms with Gasteiger partial charge in [-0.15, -0.1) is 0 Å². The second-order valence-electron chi connectivity index (χ2n) is 8.32. The SMILES string of the molecule is CC(=O)N(C)C1CCN(c2cc(F)cc(NC(=O)C3Cc4c(F)ccc(C)c4N3)c2)C1. The number of hydrogen-bond donors (Lipinski definition) is 2.